The predicted octanol–water partition coefficient (Wildman–Crippen LogP) is 1.70. The first kappa shape index (κ1) is 16.1. The highest BCUT2D eigenvalue weighted by atomic mass is 32.2. The summed E-state index contributed by atoms with van der Waals surface area (Å²) < 4.78 is 53.7. The van der Waals surface area contributed by atoms with Crippen LogP contribution in [0.2, 0.25) is 0 Å². The van der Waals surface area contributed by atoms with Crippen molar-refractivity contribution < 1.29 is 17.2 Å². The lowest BCUT2D eigenvalue weighted by Gasteiger charge is -2.18. The SMILES string of the molecule is CN(CCCNC1CC1)S(=O)(=O)Nc1cccc(F)c1F. The molecule has 8 heteroatoms. The van der Waals surface area contributed by atoms with Gasteiger partial charge in [-0.05, 0) is 37.9 Å². The van der Waals surface area contributed by atoms with Crippen molar-refractivity contribution in [3.05, 3.63) is 29.8 Å². The summed E-state index contributed by atoms with van der Waals surface area (Å²) in [5, 5.41) is 3.28. The molecule has 1 aliphatic carbocycles. The van der Waals surface area contributed by atoms with Gasteiger partial charge in [0, 0.05) is 19.6 Å². The van der Waals surface area contributed by atoms with E-state index in [1.165, 1.54) is 32.0 Å². The molecular formula is C13H19F2N3O2S. The van der Waals surface area contributed by atoms with Crippen molar-refractivity contribution in [1.82, 2.24) is 9.62 Å². The molecule has 0 bridgehead atoms. The van der Waals surface area contributed by atoms with Gasteiger partial charge in [-0.2, -0.15) is 12.7 Å². The number of rotatable bonds is 8. The summed E-state index contributed by atoms with van der Waals surface area (Å²) in [5.74, 6) is -2.30. The lowest BCUT2D eigenvalue weighted by atomic mass is 10.3. The number of anilines is 1. The van der Waals surface area contributed by atoms with E-state index in [4.69, 9.17) is 0 Å². The van der Waals surface area contributed by atoms with Crippen LogP contribution in [0, 0.1) is 11.6 Å². The Morgan fingerprint density at radius 2 is 2.05 bits per heavy atom. The second kappa shape index (κ2) is 6.67. The number of nitrogens with one attached hydrogen (secondary N) is 2. The van der Waals surface area contributed by atoms with Crippen LogP contribution in [0.25, 0.3) is 0 Å². The lowest BCUT2D eigenvalue weighted by molar-refractivity contribution is 0.457. The molecule has 5 nitrogen and oxygen atoms in total. The van der Waals surface area contributed by atoms with Crippen molar-refractivity contribution in [1.29, 1.82) is 0 Å². The Morgan fingerprint density at radius 3 is 2.71 bits per heavy atom. The van der Waals surface area contributed by atoms with E-state index in [1.54, 1.807) is 0 Å². The van der Waals surface area contributed by atoms with Crippen molar-refractivity contribution in [2.75, 3.05) is 24.9 Å². The van der Waals surface area contributed by atoms with Gasteiger partial charge in [0.15, 0.2) is 11.6 Å². The quantitative estimate of drug-likeness (QED) is 0.717. The molecule has 1 saturated carbocycles. The van der Waals surface area contributed by atoms with Crippen molar-refractivity contribution in [3.8, 4) is 0 Å². The fraction of sp³-hybridized carbons (Fsp3) is 0.538. The molecule has 0 saturated heterocycles. The van der Waals surface area contributed by atoms with Gasteiger partial charge < -0.3 is 5.32 Å². The van der Waals surface area contributed by atoms with E-state index in [9.17, 15) is 17.2 Å². The van der Waals surface area contributed by atoms with Gasteiger partial charge in [-0.1, -0.05) is 6.07 Å². The van der Waals surface area contributed by atoms with Crippen molar-refractivity contribution >= 4 is 15.9 Å². The highest BCUT2D eigenvalue weighted by Gasteiger charge is 2.22. The Balaban J connectivity index is 1.88. The number of benzene rings is 1. The van der Waals surface area contributed by atoms with E-state index in [0.717, 1.165) is 16.9 Å². The summed E-state index contributed by atoms with van der Waals surface area (Å²) in [7, 11) is -2.49. The first-order chi connectivity index (χ1) is 9.90. The van der Waals surface area contributed by atoms with Crippen LogP contribution in [0.15, 0.2) is 18.2 Å². The molecule has 2 N–H and O–H groups in total. The Morgan fingerprint density at radius 1 is 1.33 bits per heavy atom. The molecule has 0 heterocycles. The van der Waals surface area contributed by atoms with Gasteiger partial charge in [-0.15, -0.1) is 0 Å². The number of nitrogens with zero attached hydrogens (tertiary/aromatic N) is 1. The third kappa shape index (κ3) is 4.62. The highest BCUT2D eigenvalue weighted by molar-refractivity contribution is 7.90. The Hall–Kier alpha value is -1.25. The molecule has 0 spiro atoms. The zero-order chi connectivity index (χ0) is 15.5. The van der Waals surface area contributed by atoms with Crippen LogP contribution in [0.4, 0.5) is 14.5 Å². The van der Waals surface area contributed by atoms with Gasteiger partial charge in [0.05, 0.1) is 5.69 Å². The Bertz CT molecular complexity index is 591. The highest BCUT2D eigenvalue weighted by Crippen LogP contribution is 2.19. The standard InChI is InChI=1S/C13H19F2N3O2S/c1-18(9-3-8-16-10-6-7-10)21(19,20)17-12-5-2-4-11(14)13(12)15/h2,4-5,10,16-17H,3,6-9H2,1H3. The first-order valence-corrected chi connectivity index (χ1v) is 8.25. The van der Waals surface area contributed by atoms with Gasteiger partial charge >= 0.3 is 10.2 Å². The van der Waals surface area contributed by atoms with Crippen molar-refractivity contribution in [2.24, 2.45) is 0 Å². The molecule has 1 aromatic carbocycles. The molecule has 0 radical (unpaired) electrons. The zero-order valence-corrected chi connectivity index (χ0v) is 12.6. The summed E-state index contributed by atoms with van der Waals surface area (Å²) in [6.45, 7) is 1.03. The minimum Gasteiger partial charge on any atom is -0.314 e. The monoisotopic (exact) mass is 319 g/mol. The number of halogens is 2. The van der Waals surface area contributed by atoms with Crippen LogP contribution in [0.1, 0.15) is 19.3 Å². The third-order valence-electron chi connectivity index (χ3n) is 3.26. The van der Waals surface area contributed by atoms with Gasteiger partial charge in [0.2, 0.25) is 0 Å². The molecule has 0 unspecified atom stereocenters. The fourth-order valence-corrected chi connectivity index (χ4v) is 2.78. The van der Waals surface area contributed by atoms with Crippen LogP contribution >= 0.6 is 0 Å². The molecule has 0 aliphatic heterocycles. The van der Waals surface area contributed by atoms with E-state index in [1.807, 2.05) is 0 Å². The Kier molecular flexibility index (Phi) is 5.13. The summed E-state index contributed by atoms with van der Waals surface area (Å²) in [6.07, 6.45) is 3.00. The second-order valence-corrected chi connectivity index (χ2v) is 6.89. The van der Waals surface area contributed by atoms with Crippen LogP contribution in [-0.2, 0) is 10.2 Å². The summed E-state index contributed by atoms with van der Waals surface area (Å²) >= 11 is 0. The predicted molar refractivity (Wildman–Crippen MR) is 77.2 cm³/mol. The third-order valence-corrected chi connectivity index (χ3v) is 4.74. The average Bonchev–Trinajstić information content (AvgIpc) is 3.23. The fourth-order valence-electron chi connectivity index (χ4n) is 1.82. The van der Waals surface area contributed by atoms with Gasteiger partial charge in [-0.3, -0.25) is 4.72 Å². The molecule has 2 rings (SSSR count). The molecule has 1 fully saturated rings. The van der Waals surface area contributed by atoms with E-state index in [2.05, 4.69) is 10.0 Å². The summed E-state index contributed by atoms with van der Waals surface area (Å²) in [5.41, 5.74) is -0.391. The molecule has 21 heavy (non-hydrogen) atoms. The smallest absolute Gasteiger partial charge is 0.301 e. The molecule has 0 amide bonds. The van der Waals surface area contributed by atoms with Gasteiger partial charge in [-0.25, -0.2) is 8.78 Å². The minimum atomic E-state index is -3.89. The maximum atomic E-state index is 13.5. The van der Waals surface area contributed by atoms with E-state index in [0.29, 0.717) is 19.0 Å². The van der Waals surface area contributed by atoms with E-state index in [-0.39, 0.29) is 0 Å². The lowest BCUT2D eigenvalue weighted by Crippen LogP contribution is -2.35. The second-order valence-electron chi connectivity index (χ2n) is 5.11. The van der Waals surface area contributed by atoms with E-state index < -0.39 is 27.5 Å². The molecule has 1 aliphatic rings. The van der Waals surface area contributed by atoms with Crippen molar-refractivity contribution in [3.63, 3.8) is 0 Å². The molecular weight excluding hydrogens is 300 g/mol. The molecule has 0 aromatic heterocycles. The first-order valence-electron chi connectivity index (χ1n) is 6.81. The maximum Gasteiger partial charge on any atom is 0.301 e. The minimum absolute atomic E-state index is 0.298. The summed E-state index contributed by atoms with van der Waals surface area (Å²) in [6, 6.07) is 3.93. The van der Waals surface area contributed by atoms with Crippen LogP contribution in [-0.4, -0.2) is 38.9 Å². The molecule has 1 aromatic rings. The normalized spacial score (nSPS) is 15.4. The van der Waals surface area contributed by atoms with Crippen LogP contribution in [0.3, 0.4) is 0 Å². The maximum absolute atomic E-state index is 13.5. The largest absolute Gasteiger partial charge is 0.314 e. The van der Waals surface area contributed by atoms with Crippen molar-refractivity contribution in [2.45, 2.75) is 25.3 Å². The van der Waals surface area contributed by atoms with Crippen LogP contribution in [0.5, 0.6) is 0 Å². The Labute approximate surface area is 123 Å². The molecule has 118 valence electrons. The number of hydrogen-bond donors (Lipinski definition) is 2. The molecule has 0 atom stereocenters. The zero-order valence-electron chi connectivity index (χ0n) is 11.8. The van der Waals surface area contributed by atoms with E-state index >= 15 is 0 Å². The topological polar surface area (TPSA) is 61.4 Å². The van der Waals surface area contributed by atoms with Gasteiger partial charge in [0.1, 0.15) is 0 Å². The number of hydrogen-bond acceptors (Lipinski definition) is 3. The van der Waals surface area contributed by atoms with Gasteiger partial charge in [0.25, 0.3) is 0 Å². The average molecular weight is 319 g/mol. The van der Waals surface area contributed by atoms with Crippen LogP contribution < -0.4 is 10.0 Å². The summed E-state index contributed by atoms with van der Waals surface area (Å²) in [4.78, 5) is 0.